The normalized spacial score (nSPS) is 14.3. The van der Waals surface area contributed by atoms with E-state index in [1.54, 1.807) is 6.92 Å². The first kappa shape index (κ1) is 27.4. The lowest BCUT2D eigenvalue weighted by Crippen LogP contribution is -2.49. The van der Waals surface area contributed by atoms with Crippen LogP contribution in [-0.2, 0) is 27.5 Å². The van der Waals surface area contributed by atoms with Crippen LogP contribution in [0.15, 0.2) is 41.5 Å². The van der Waals surface area contributed by atoms with E-state index in [1.165, 1.54) is 19.3 Å². The largest absolute Gasteiger partial charge is 0.481 e. The van der Waals surface area contributed by atoms with Crippen molar-refractivity contribution in [3.8, 4) is 0 Å². The Morgan fingerprint density at radius 3 is 2.38 bits per heavy atom. The van der Waals surface area contributed by atoms with Crippen LogP contribution in [0.1, 0.15) is 43.9 Å². The van der Waals surface area contributed by atoms with Gasteiger partial charge >= 0.3 is 5.97 Å². The molecule has 12 heteroatoms. The fourth-order valence-corrected chi connectivity index (χ4v) is 4.14. The number of anilines is 1. The first-order valence-corrected chi connectivity index (χ1v) is 11.9. The van der Waals surface area contributed by atoms with Crippen molar-refractivity contribution in [2.75, 3.05) is 18.4 Å². The number of aliphatic carboxylic acids is 1. The molecule has 1 amide bonds. The summed E-state index contributed by atoms with van der Waals surface area (Å²) in [5.74, 6) is -2.41. The predicted octanol–water partition coefficient (Wildman–Crippen LogP) is 1.21. The van der Waals surface area contributed by atoms with Gasteiger partial charge in [0.25, 0.3) is 5.56 Å². The van der Waals surface area contributed by atoms with Gasteiger partial charge in [-0.2, -0.15) is 0 Å². The van der Waals surface area contributed by atoms with Gasteiger partial charge in [-0.05, 0) is 24.5 Å². The summed E-state index contributed by atoms with van der Waals surface area (Å²) in [7, 11) is 0. The second-order valence-electron chi connectivity index (χ2n) is 8.91. The summed E-state index contributed by atoms with van der Waals surface area (Å²) in [4.78, 5) is 56.5. The Labute approximate surface area is 213 Å². The first-order chi connectivity index (χ1) is 17.6. The lowest BCUT2D eigenvalue weighted by atomic mass is 10.1. The molecule has 2 atom stereocenters. The van der Waals surface area contributed by atoms with Crippen molar-refractivity contribution in [2.45, 2.75) is 51.9 Å². The molecule has 0 saturated carbocycles. The molecule has 196 valence electrons. The average Bonchev–Trinajstić information content (AvgIpc) is 3.26. The Kier molecular flexibility index (Phi) is 9.01. The minimum atomic E-state index is -1.26. The van der Waals surface area contributed by atoms with Crippen LogP contribution in [0.5, 0.6) is 0 Å². The number of fused-ring (bicyclic) bond motifs is 1. The molecule has 1 aromatic carbocycles. The number of nitrogens with zero attached hydrogens (tertiary/aromatic N) is 3. The zero-order chi connectivity index (χ0) is 27.1. The van der Waals surface area contributed by atoms with Crippen LogP contribution in [0.4, 0.5) is 5.82 Å². The maximum atomic E-state index is 13.2. The number of ketones is 1. The second kappa shape index (κ2) is 12.2. The van der Waals surface area contributed by atoms with Crippen molar-refractivity contribution in [1.82, 2.24) is 19.8 Å². The summed E-state index contributed by atoms with van der Waals surface area (Å²) in [6, 6.07) is 5.53. The zero-order valence-electron chi connectivity index (χ0n) is 20.8. The fraction of sp³-hybridized carbons (Fsp3) is 0.400. The Balaban J connectivity index is 1.72. The van der Waals surface area contributed by atoms with E-state index in [1.807, 2.05) is 29.2 Å². The van der Waals surface area contributed by atoms with E-state index in [2.05, 4.69) is 15.6 Å². The van der Waals surface area contributed by atoms with E-state index >= 15 is 0 Å². The molecular formula is C25H31N7O5. The molecule has 0 spiro atoms. The summed E-state index contributed by atoms with van der Waals surface area (Å²) in [6.07, 6.45) is 2.28. The number of carboxylic acids is 1. The monoisotopic (exact) mass is 509 g/mol. The van der Waals surface area contributed by atoms with Crippen molar-refractivity contribution in [3.63, 3.8) is 0 Å². The molecular weight excluding hydrogens is 478 g/mol. The second-order valence-corrected chi connectivity index (χ2v) is 8.91. The molecule has 37 heavy (non-hydrogen) atoms. The Hall–Kier alpha value is -4.19. The van der Waals surface area contributed by atoms with E-state index in [9.17, 15) is 24.3 Å². The van der Waals surface area contributed by atoms with Gasteiger partial charge in [-0.25, -0.2) is 4.98 Å². The maximum Gasteiger partial charge on any atom is 0.305 e. The first-order valence-electron chi connectivity index (χ1n) is 11.9. The molecule has 12 nitrogen and oxygen atoms in total. The Bertz CT molecular complexity index is 1250. The topological polar surface area (TPSA) is 181 Å². The van der Waals surface area contributed by atoms with E-state index in [0.717, 1.165) is 15.7 Å². The molecule has 2 heterocycles. The van der Waals surface area contributed by atoms with Crippen molar-refractivity contribution in [3.05, 3.63) is 58.1 Å². The highest BCUT2D eigenvalue weighted by atomic mass is 16.4. The van der Waals surface area contributed by atoms with Crippen LogP contribution in [0.3, 0.4) is 0 Å². The maximum absolute atomic E-state index is 13.2. The molecule has 1 aliphatic heterocycles. The number of hydrogen-bond acceptors (Lipinski definition) is 9. The van der Waals surface area contributed by atoms with E-state index in [-0.39, 0.29) is 36.8 Å². The standard InChI is InChI=1S/C25H31N7O5/c1-3-20(32-9-8-28-23(25(32)37)29-11-18(27)15(2)26)24(36)30-19(10-22(34)35)21(33)14-31-12-16-6-4-5-7-17(16)13-31/h4-9,19-20,26-27H,3,10-14H2,1-2H3,(H,28,29)(H,30,36)(H,34,35). The lowest BCUT2D eigenvalue weighted by molar-refractivity contribution is -0.140. The summed E-state index contributed by atoms with van der Waals surface area (Å²) >= 11 is 0. The third kappa shape index (κ3) is 6.94. The highest BCUT2D eigenvalue weighted by molar-refractivity contribution is 6.40. The molecule has 2 unspecified atom stereocenters. The van der Waals surface area contributed by atoms with Gasteiger partial charge in [0.15, 0.2) is 11.6 Å². The van der Waals surface area contributed by atoms with E-state index < -0.39 is 41.7 Å². The summed E-state index contributed by atoms with van der Waals surface area (Å²) in [5.41, 5.74) is 1.62. The minimum absolute atomic E-state index is 0.0162. The van der Waals surface area contributed by atoms with Gasteiger partial charge in [0.2, 0.25) is 5.91 Å². The molecule has 0 fully saturated rings. The van der Waals surface area contributed by atoms with Crippen LogP contribution < -0.4 is 16.2 Å². The smallest absolute Gasteiger partial charge is 0.305 e. The van der Waals surface area contributed by atoms with Gasteiger partial charge in [-0.1, -0.05) is 31.2 Å². The SMILES string of the molecule is CCC(C(=O)NC(CC(=O)O)C(=O)CN1Cc2ccccc2C1)n1ccnc(NCC(=N)C(C)=N)c1=O. The fourth-order valence-electron chi connectivity index (χ4n) is 4.14. The molecule has 0 radical (unpaired) electrons. The van der Waals surface area contributed by atoms with Gasteiger partial charge in [0, 0.05) is 25.5 Å². The summed E-state index contributed by atoms with van der Waals surface area (Å²) < 4.78 is 1.16. The van der Waals surface area contributed by atoms with Gasteiger partial charge in [0.05, 0.1) is 37.0 Å². The van der Waals surface area contributed by atoms with Crippen molar-refractivity contribution >= 4 is 34.9 Å². The number of aromatic nitrogens is 2. The summed E-state index contributed by atoms with van der Waals surface area (Å²) in [6.45, 7) is 4.16. The number of carbonyl (C=O) groups excluding carboxylic acids is 2. The molecule has 5 N–H and O–H groups in total. The quantitative estimate of drug-likeness (QED) is 0.250. The molecule has 0 bridgehead atoms. The van der Waals surface area contributed by atoms with Crippen LogP contribution in [0.25, 0.3) is 0 Å². The molecule has 2 aromatic rings. The lowest BCUT2D eigenvalue weighted by Gasteiger charge is -2.24. The molecule has 0 aliphatic carbocycles. The number of hydrogen-bond donors (Lipinski definition) is 5. The number of Topliss-reactive ketones (excluding diaryl/α,β-unsaturated/α-hetero) is 1. The highest BCUT2D eigenvalue weighted by Crippen LogP contribution is 2.22. The third-order valence-electron chi connectivity index (χ3n) is 6.15. The molecule has 1 aliphatic rings. The van der Waals surface area contributed by atoms with Crippen molar-refractivity contribution in [2.24, 2.45) is 0 Å². The number of benzene rings is 1. The summed E-state index contributed by atoms with van der Waals surface area (Å²) in [5, 5.41) is 29.8. The van der Waals surface area contributed by atoms with Crippen LogP contribution in [0, 0.1) is 10.8 Å². The number of carboxylic acid groups (broad SMARTS) is 1. The van der Waals surface area contributed by atoms with Crippen molar-refractivity contribution < 1.29 is 19.5 Å². The molecule has 0 saturated heterocycles. The molecule has 3 rings (SSSR count). The van der Waals surface area contributed by atoms with Crippen LogP contribution in [0.2, 0.25) is 0 Å². The zero-order valence-corrected chi connectivity index (χ0v) is 20.8. The number of carbonyl (C=O) groups is 3. The van der Waals surface area contributed by atoms with Crippen LogP contribution in [-0.4, -0.2) is 67.8 Å². The highest BCUT2D eigenvalue weighted by Gasteiger charge is 2.30. The van der Waals surface area contributed by atoms with Gasteiger partial charge < -0.3 is 26.6 Å². The van der Waals surface area contributed by atoms with E-state index in [0.29, 0.717) is 13.1 Å². The predicted molar refractivity (Wildman–Crippen MR) is 137 cm³/mol. The Morgan fingerprint density at radius 1 is 1.16 bits per heavy atom. The number of nitrogens with one attached hydrogen (secondary N) is 4. The van der Waals surface area contributed by atoms with E-state index in [4.69, 9.17) is 10.8 Å². The van der Waals surface area contributed by atoms with Gasteiger partial charge in [0.1, 0.15) is 6.04 Å². The van der Waals surface area contributed by atoms with Crippen molar-refractivity contribution in [1.29, 1.82) is 10.8 Å². The van der Waals surface area contributed by atoms with Crippen LogP contribution >= 0.6 is 0 Å². The number of rotatable bonds is 13. The van der Waals surface area contributed by atoms with Gasteiger partial charge in [-0.15, -0.1) is 0 Å². The Morgan fingerprint density at radius 2 is 1.81 bits per heavy atom. The molecule has 1 aromatic heterocycles. The minimum Gasteiger partial charge on any atom is -0.481 e. The number of amides is 1. The average molecular weight is 510 g/mol. The van der Waals surface area contributed by atoms with Gasteiger partial charge in [-0.3, -0.25) is 28.6 Å². The third-order valence-corrected chi connectivity index (χ3v) is 6.15.